The molecule has 8 heteroatoms. The lowest BCUT2D eigenvalue weighted by Crippen LogP contribution is -2.18. The van der Waals surface area contributed by atoms with Crippen LogP contribution in [0.25, 0.3) is 0 Å². The summed E-state index contributed by atoms with van der Waals surface area (Å²) in [6, 6.07) is 6.18. The van der Waals surface area contributed by atoms with Crippen molar-refractivity contribution in [2.45, 2.75) is 12.8 Å². The number of carbonyl (C=O) groups is 4. The van der Waals surface area contributed by atoms with E-state index in [4.69, 9.17) is 9.47 Å². The molecule has 0 amide bonds. The van der Waals surface area contributed by atoms with Crippen molar-refractivity contribution in [3.63, 3.8) is 0 Å². The molecule has 0 spiro atoms. The molecule has 2 bridgehead atoms. The van der Waals surface area contributed by atoms with Crippen LogP contribution in [0.5, 0.6) is 0 Å². The maximum Gasteiger partial charge on any atom is 0.338 e. The number of hydrogen-bond acceptors (Lipinski definition) is 8. The van der Waals surface area contributed by atoms with Gasteiger partial charge in [0.2, 0.25) is 0 Å². The minimum atomic E-state index is -0.394. The summed E-state index contributed by atoms with van der Waals surface area (Å²) in [4.78, 5) is 43.6. The lowest BCUT2D eigenvalue weighted by atomic mass is 10.1. The average molecular weight is 336 g/mol. The van der Waals surface area contributed by atoms with Crippen molar-refractivity contribution in [1.82, 2.24) is 0 Å². The Balaban J connectivity index is 0.000000185. The SMILES string of the molecule is O=C1CCC(=O)OCCO1.O=C1OCCOC(=O)c2ccc1cc2. The molecule has 4 rings (SSSR count). The van der Waals surface area contributed by atoms with Crippen molar-refractivity contribution in [1.29, 1.82) is 0 Å². The average Bonchev–Trinajstić information content (AvgIpc) is 2.59. The molecule has 0 aromatic heterocycles. The van der Waals surface area contributed by atoms with Crippen molar-refractivity contribution in [2.75, 3.05) is 26.4 Å². The monoisotopic (exact) mass is 336 g/mol. The third-order valence-electron chi connectivity index (χ3n) is 3.05. The molecule has 3 aliphatic heterocycles. The van der Waals surface area contributed by atoms with Crippen LogP contribution in [0.3, 0.4) is 0 Å². The Hall–Kier alpha value is -2.90. The summed E-state index contributed by atoms with van der Waals surface area (Å²) in [5.41, 5.74) is 0.895. The second-order valence-corrected chi connectivity index (χ2v) is 4.79. The van der Waals surface area contributed by atoms with Crippen LogP contribution < -0.4 is 0 Å². The highest BCUT2D eigenvalue weighted by Gasteiger charge is 2.13. The fourth-order valence-corrected chi connectivity index (χ4v) is 1.84. The molecule has 8 nitrogen and oxygen atoms in total. The van der Waals surface area contributed by atoms with Crippen LogP contribution in [-0.4, -0.2) is 50.3 Å². The first-order valence-corrected chi connectivity index (χ1v) is 7.32. The fourth-order valence-electron chi connectivity index (χ4n) is 1.84. The van der Waals surface area contributed by atoms with Gasteiger partial charge in [0.15, 0.2) is 0 Å². The molecule has 3 heterocycles. The molecule has 0 aliphatic carbocycles. The van der Waals surface area contributed by atoms with Gasteiger partial charge in [-0.15, -0.1) is 0 Å². The van der Waals surface area contributed by atoms with E-state index in [1.807, 2.05) is 0 Å². The number of fused-ring (bicyclic) bond motifs is 7. The Morgan fingerprint density at radius 2 is 0.875 bits per heavy atom. The highest BCUT2D eigenvalue weighted by molar-refractivity contribution is 5.93. The normalized spacial score (nSPS) is 17.8. The van der Waals surface area contributed by atoms with Crippen LogP contribution in [0.2, 0.25) is 0 Å². The van der Waals surface area contributed by atoms with E-state index < -0.39 is 11.9 Å². The number of esters is 4. The number of benzene rings is 1. The Morgan fingerprint density at radius 3 is 1.25 bits per heavy atom. The molecule has 0 unspecified atom stereocenters. The highest BCUT2D eigenvalue weighted by atomic mass is 16.6. The third kappa shape index (κ3) is 5.38. The number of ether oxygens (including phenoxy) is 4. The van der Waals surface area contributed by atoms with Crippen LogP contribution in [0.4, 0.5) is 0 Å². The van der Waals surface area contributed by atoms with Crippen LogP contribution >= 0.6 is 0 Å². The Bertz CT molecular complexity index is 564. The number of carbonyl (C=O) groups excluding carboxylic acids is 4. The van der Waals surface area contributed by atoms with Crippen molar-refractivity contribution in [3.8, 4) is 0 Å². The predicted octanol–water partition coefficient (Wildman–Crippen LogP) is 0.880. The van der Waals surface area contributed by atoms with E-state index in [1.54, 1.807) is 24.3 Å². The summed E-state index contributed by atoms with van der Waals surface area (Å²) >= 11 is 0. The molecule has 3 aliphatic rings. The topological polar surface area (TPSA) is 105 Å². The maximum absolute atomic E-state index is 11.3. The second-order valence-electron chi connectivity index (χ2n) is 4.79. The minimum absolute atomic E-state index is 0.100. The van der Waals surface area contributed by atoms with E-state index in [-0.39, 0.29) is 51.2 Å². The molecule has 0 saturated carbocycles. The maximum atomic E-state index is 11.3. The van der Waals surface area contributed by atoms with Crippen molar-refractivity contribution in [3.05, 3.63) is 35.4 Å². The lowest BCUT2D eigenvalue weighted by molar-refractivity contribution is -0.158. The van der Waals surface area contributed by atoms with Crippen LogP contribution in [0.15, 0.2) is 24.3 Å². The highest BCUT2D eigenvalue weighted by Crippen LogP contribution is 2.09. The van der Waals surface area contributed by atoms with E-state index in [9.17, 15) is 19.2 Å². The van der Waals surface area contributed by atoms with E-state index in [2.05, 4.69) is 9.47 Å². The third-order valence-corrected chi connectivity index (χ3v) is 3.05. The number of rotatable bonds is 0. The van der Waals surface area contributed by atoms with Crippen molar-refractivity contribution in [2.24, 2.45) is 0 Å². The summed E-state index contributed by atoms with van der Waals surface area (Å²) < 4.78 is 18.9. The summed E-state index contributed by atoms with van der Waals surface area (Å²) in [5.74, 6) is -1.43. The molecule has 0 atom stereocenters. The fraction of sp³-hybridized carbons (Fsp3) is 0.375. The number of hydrogen-bond donors (Lipinski definition) is 0. The van der Waals surface area contributed by atoms with Gasteiger partial charge in [0, 0.05) is 0 Å². The van der Waals surface area contributed by atoms with Gasteiger partial charge in [-0.25, -0.2) is 9.59 Å². The van der Waals surface area contributed by atoms with Gasteiger partial charge in [-0.2, -0.15) is 0 Å². The zero-order valence-corrected chi connectivity index (χ0v) is 12.8. The summed E-state index contributed by atoms with van der Waals surface area (Å²) in [5, 5.41) is 0. The van der Waals surface area contributed by atoms with Gasteiger partial charge in [-0.1, -0.05) is 0 Å². The molecule has 1 aromatic carbocycles. The standard InChI is InChI=1S/C10H8O4.C6H8O4/c11-9-7-1-2-8(4-3-7)10(12)14-6-5-13-9;7-5-1-2-6(8)10-4-3-9-5/h1-4H,5-6H2;1-4H2. The van der Waals surface area contributed by atoms with Crippen LogP contribution in [0.1, 0.15) is 33.6 Å². The quantitative estimate of drug-likeness (QED) is 0.508. The Kier molecular flexibility index (Phi) is 6.30. The summed E-state index contributed by atoms with van der Waals surface area (Å²) in [6.45, 7) is 0.571. The predicted molar refractivity (Wildman–Crippen MR) is 78.2 cm³/mol. The smallest absolute Gasteiger partial charge is 0.338 e. The Labute approximate surface area is 137 Å². The molecule has 1 fully saturated rings. The lowest BCUT2D eigenvalue weighted by Gasteiger charge is -2.09. The van der Waals surface area contributed by atoms with Crippen molar-refractivity contribution < 1.29 is 38.1 Å². The second kappa shape index (κ2) is 8.66. The molecule has 0 radical (unpaired) electrons. The van der Waals surface area contributed by atoms with Gasteiger partial charge in [-0.05, 0) is 24.3 Å². The van der Waals surface area contributed by atoms with Gasteiger partial charge in [-0.3, -0.25) is 9.59 Å². The minimum Gasteiger partial charge on any atom is -0.462 e. The van der Waals surface area contributed by atoms with Gasteiger partial charge in [0.1, 0.15) is 26.4 Å². The van der Waals surface area contributed by atoms with Crippen LogP contribution in [-0.2, 0) is 28.5 Å². The summed E-state index contributed by atoms with van der Waals surface area (Å²) in [7, 11) is 0. The van der Waals surface area contributed by atoms with Gasteiger partial charge >= 0.3 is 23.9 Å². The van der Waals surface area contributed by atoms with Gasteiger partial charge < -0.3 is 18.9 Å². The molecule has 24 heavy (non-hydrogen) atoms. The zero-order valence-electron chi connectivity index (χ0n) is 12.8. The largest absolute Gasteiger partial charge is 0.462 e. The first-order chi connectivity index (χ1) is 11.6. The van der Waals surface area contributed by atoms with E-state index in [0.29, 0.717) is 11.1 Å². The molecule has 0 N–H and O–H groups in total. The van der Waals surface area contributed by atoms with E-state index >= 15 is 0 Å². The van der Waals surface area contributed by atoms with Gasteiger partial charge in [0.25, 0.3) is 0 Å². The number of cyclic esters (lactones) is 2. The molecule has 1 aromatic rings. The summed E-state index contributed by atoms with van der Waals surface area (Å²) in [6.07, 6.45) is 0.275. The molecule has 1 saturated heterocycles. The first-order valence-electron chi connectivity index (χ1n) is 7.32. The van der Waals surface area contributed by atoms with Gasteiger partial charge in [0.05, 0.1) is 24.0 Å². The Morgan fingerprint density at radius 1 is 0.542 bits per heavy atom. The first kappa shape index (κ1) is 17.5. The zero-order chi connectivity index (χ0) is 17.4. The van der Waals surface area contributed by atoms with E-state index in [1.165, 1.54) is 0 Å². The molecule has 128 valence electrons. The van der Waals surface area contributed by atoms with Crippen molar-refractivity contribution >= 4 is 23.9 Å². The van der Waals surface area contributed by atoms with Crippen LogP contribution in [0, 0.1) is 0 Å². The molecular weight excluding hydrogens is 320 g/mol. The van der Waals surface area contributed by atoms with E-state index in [0.717, 1.165) is 0 Å². The molecular formula is C16H16O8.